The molecule has 3 aromatic carbocycles. The summed E-state index contributed by atoms with van der Waals surface area (Å²) in [6, 6.07) is 27.7. The lowest BCUT2D eigenvalue weighted by atomic mass is 9.97. The van der Waals surface area contributed by atoms with E-state index in [4.69, 9.17) is 85.8 Å². The number of halogens is 13. The third kappa shape index (κ3) is 31.9. The lowest BCUT2D eigenvalue weighted by molar-refractivity contribution is -0.193. The van der Waals surface area contributed by atoms with Crippen LogP contribution in [0.5, 0.6) is 0 Å². The molecule has 8 aromatic heterocycles. The highest BCUT2D eigenvalue weighted by molar-refractivity contribution is 6.30. The number of aliphatic carboxylic acids is 4. The van der Waals surface area contributed by atoms with E-state index >= 15 is 0 Å². The van der Waals surface area contributed by atoms with Crippen molar-refractivity contribution in [3.63, 3.8) is 0 Å². The second kappa shape index (κ2) is 54.1. The van der Waals surface area contributed by atoms with Gasteiger partial charge in [0.25, 0.3) is 22.2 Å². The molecule has 0 unspecified atom stereocenters. The number of hydrogen-bond acceptors (Lipinski definition) is 30. The number of aromatic nitrogens is 16. The number of carbonyl (C=O) groups excluding carboxylic acids is 1. The SMILES string of the molecule is CC#CCn1c(N2CCNCC2)nc2nc(N(C)Cc3ccccc3)n(C)c(=O)c21.CC#CCn1c(N2CCNCC2)nc2nc(N3CCC(C(=O)OCC)CC3)n(C)c(=O)c21.CC#CCn1c(N2CCNCC2)nc2nc(NCc3ccc(Cl)cc3)n(C)c(=O)c21.CC#CCn1c(N2CCNCC2)nc2nc(NCc3ccccc3)n(C)c(=O)c21.O=C(O)C(F)(F)F.O=C(O)C(F)(F)F.O=C(O)C(F)(F)F.O=C(O)C(F)(F)F. The molecule has 0 saturated carbocycles. The quantitative estimate of drug-likeness (QED) is 0.0207. The van der Waals surface area contributed by atoms with E-state index in [1.807, 2.05) is 110 Å². The van der Waals surface area contributed by atoms with Crippen molar-refractivity contribution < 1.29 is 102 Å². The van der Waals surface area contributed by atoms with E-state index in [9.17, 15) is 76.7 Å². The Balaban J connectivity index is 0.000000202. The molecule has 55 heteroatoms. The Morgan fingerprint density at radius 1 is 0.396 bits per heavy atom. The minimum absolute atomic E-state index is 0.0990. The van der Waals surface area contributed by atoms with Crippen molar-refractivity contribution in [2.45, 2.75) is 118 Å². The van der Waals surface area contributed by atoms with Crippen molar-refractivity contribution in [2.24, 2.45) is 34.1 Å². The first-order valence-electron chi connectivity index (χ1n) is 46.1. The van der Waals surface area contributed by atoms with E-state index < -0.39 is 48.6 Å². The average Bonchev–Trinajstić information content (AvgIpc) is 1.63. The van der Waals surface area contributed by atoms with Crippen LogP contribution < -0.4 is 83.5 Å². The molecule has 42 nitrogen and oxygen atoms in total. The molecule has 0 aliphatic carbocycles. The Morgan fingerprint density at radius 3 is 0.966 bits per heavy atom. The minimum Gasteiger partial charge on any atom is -0.475 e. The van der Waals surface area contributed by atoms with Crippen molar-refractivity contribution in [3.05, 3.63) is 148 Å². The summed E-state index contributed by atoms with van der Waals surface area (Å²) in [4.78, 5) is 152. The Labute approximate surface area is 848 Å². The molecule has 0 atom stereocenters. The van der Waals surface area contributed by atoms with Crippen LogP contribution in [0.3, 0.4) is 0 Å². The normalized spacial score (nSPS) is 14.2. The summed E-state index contributed by atoms with van der Waals surface area (Å²) in [5.74, 6) is 17.9. The molecule has 802 valence electrons. The number of esters is 1. The standard InChI is InChI=1S/C22H31N7O3.C22H27N7O.C21H24ClN7O.C21H25N7O.4C2HF3O2/c1-4-6-11-29-17-18(25-22(29)28-14-9-23-10-15-28)24-21(26(3)19(17)30)27-12-7-16(8-13-27)20(31)32-5-2;1-4-5-13-29-18-19(25-22(29)28-14-11-23-12-15-28)24-21(27(3)20(18)30)26(2)16-17-9-7-6-8-10-17;1-3-4-11-29-17-18(26-21(29)28-12-9-23-10-13-28)25-20(27(2)19(17)30)24-14-15-5-7-16(22)8-6-15;1-3-4-12-28-17-18(25-21(28)27-13-10-22-11-14-27)24-20(26(2)19(17)29)23-15-16-8-6-5-7-9-16;4*3-2(4,5)1(6)7/h16,23H,5,7-15H2,1-3H3;6-10,23H,11-16H2,1-3H3;5-8,23H,9-14H2,1-2H3,(H,24,25);5-9,22H,10-15H2,1-2H3,(H,23,24);4*(H,6,7). The highest BCUT2D eigenvalue weighted by Crippen LogP contribution is 2.30. The Morgan fingerprint density at radius 2 is 0.664 bits per heavy atom. The summed E-state index contributed by atoms with van der Waals surface area (Å²) in [5, 5.41) is 49.1. The monoisotopic (exact) mass is 2120 g/mol. The highest BCUT2D eigenvalue weighted by atomic mass is 35.5. The molecule has 5 fully saturated rings. The second-order valence-corrected chi connectivity index (χ2v) is 33.3. The number of imidazole rings is 4. The number of piperazine rings is 4. The zero-order valence-corrected chi connectivity index (χ0v) is 83.3. The van der Waals surface area contributed by atoms with E-state index in [1.165, 1.54) is 4.57 Å². The molecular weight excluding hydrogens is 2010 g/mol. The van der Waals surface area contributed by atoms with Crippen LogP contribution >= 0.6 is 11.6 Å². The van der Waals surface area contributed by atoms with Gasteiger partial charge in [0.1, 0.15) is 0 Å². The molecule has 149 heavy (non-hydrogen) atoms. The first-order valence-corrected chi connectivity index (χ1v) is 46.5. The number of hydrogen-bond donors (Lipinski definition) is 10. The van der Waals surface area contributed by atoms with Gasteiger partial charge in [0.15, 0.2) is 44.7 Å². The number of carboxylic acids is 4. The van der Waals surface area contributed by atoms with Crippen molar-refractivity contribution in [1.29, 1.82) is 0 Å². The van der Waals surface area contributed by atoms with Gasteiger partial charge in [-0.05, 0) is 76.3 Å². The van der Waals surface area contributed by atoms with E-state index in [1.54, 1.807) is 69.6 Å². The fraction of sp³-hybridized carbons (Fsp3) is 0.457. The molecule has 5 aliphatic heterocycles. The molecule has 5 aliphatic rings. The first-order chi connectivity index (χ1) is 70.7. The van der Waals surface area contributed by atoms with Gasteiger partial charge < -0.3 is 86.5 Å². The largest absolute Gasteiger partial charge is 0.490 e. The van der Waals surface area contributed by atoms with E-state index in [-0.39, 0.29) is 34.1 Å². The van der Waals surface area contributed by atoms with Crippen LogP contribution in [0.2, 0.25) is 5.02 Å². The number of fused-ring (bicyclic) bond motifs is 4. The fourth-order valence-corrected chi connectivity index (χ4v) is 15.4. The number of rotatable bonds is 20. The summed E-state index contributed by atoms with van der Waals surface area (Å²) in [7, 11) is 8.90. The summed E-state index contributed by atoms with van der Waals surface area (Å²) < 4.78 is 146. The molecule has 0 radical (unpaired) electrons. The maximum absolute atomic E-state index is 13.4. The molecule has 0 amide bonds. The van der Waals surface area contributed by atoms with E-state index in [0.29, 0.717) is 152 Å². The van der Waals surface area contributed by atoms with Crippen LogP contribution in [-0.4, -0.2) is 283 Å². The summed E-state index contributed by atoms with van der Waals surface area (Å²) in [6.07, 6.45) is -19.0. The third-order valence-electron chi connectivity index (χ3n) is 22.7. The number of nitrogens with one attached hydrogen (secondary N) is 6. The summed E-state index contributed by atoms with van der Waals surface area (Å²) in [6.45, 7) is 27.7. The first kappa shape index (κ1) is 117. The van der Waals surface area contributed by atoms with Gasteiger partial charge in [0, 0.05) is 178 Å². The molecule has 13 heterocycles. The van der Waals surface area contributed by atoms with Gasteiger partial charge in [-0.2, -0.15) is 92.6 Å². The number of anilines is 8. The number of alkyl halides is 12. The maximum Gasteiger partial charge on any atom is 0.490 e. The highest BCUT2D eigenvalue weighted by Gasteiger charge is 2.41. The molecule has 0 spiro atoms. The minimum atomic E-state index is -5.08. The van der Waals surface area contributed by atoms with Crippen LogP contribution in [0.15, 0.2) is 104 Å². The van der Waals surface area contributed by atoms with Gasteiger partial charge in [-0.15, -0.1) is 23.7 Å². The maximum atomic E-state index is 13.4. The van der Waals surface area contributed by atoms with E-state index in [0.717, 1.165) is 145 Å². The molecule has 11 aromatic rings. The lowest BCUT2D eigenvalue weighted by Gasteiger charge is -2.32. The van der Waals surface area contributed by atoms with Crippen molar-refractivity contribution in [1.82, 2.24) is 97.7 Å². The fourth-order valence-electron chi connectivity index (χ4n) is 15.2. The topological polar surface area (TPSA) is 478 Å². The Kier molecular flexibility index (Phi) is 42.5. The Bertz CT molecular complexity index is 6900. The molecule has 16 rings (SSSR count). The smallest absolute Gasteiger partial charge is 0.475 e. The van der Waals surface area contributed by atoms with Gasteiger partial charge in [-0.1, -0.05) is 108 Å². The summed E-state index contributed by atoms with van der Waals surface area (Å²) >= 11 is 5.95. The van der Waals surface area contributed by atoms with Gasteiger partial charge in [-0.3, -0.25) is 60.5 Å². The zero-order valence-electron chi connectivity index (χ0n) is 82.6. The van der Waals surface area contributed by atoms with Crippen molar-refractivity contribution in [3.8, 4) is 47.4 Å². The van der Waals surface area contributed by atoms with Gasteiger partial charge in [0.2, 0.25) is 47.6 Å². The van der Waals surface area contributed by atoms with Crippen LogP contribution in [0.1, 0.15) is 64.2 Å². The molecule has 5 saturated heterocycles. The lowest BCUT2D eigenvalue weighted by Crippen LogP contribution is -2.44. The van der Waals surface area contributed by atoms with Crippen LogP contribution in [-0.2, 0) is 103 Å². The van der Waals surface area contributed by atoms with Crippen molar-refractivity contribution >= 4 is 134 Å². The number of carbonyl (C=O) groups is 5. The molecular formula is C94H111ClF12N28O14. The number of nitrogens with zero attached hydrogens (tertiary/aromatic N) is 22. The van der Waals surface area contributed by atoms with Crippen LogP contribution in [0, 0.1) is 53.3 Å². The Hall–Kier alpha value is -15.7. The van der Waals surface area contributed by atoms with Gasteiger partial charge in [-0.25, -0.2) is 19.2 Å². The number of benzene rings is 3. The number of piperidine rings is 1. The van der Waals surface area contributed by atoms with E-state index in [2.05, 4.69) is 126 Å². The second-order valence-electron chi connectivity index (χ2n) is 32.9. The predicted molar refractivity (Wildman–Crippen MR) is 533 cm³/mol. The van der Waals surface area contributed by atoms with Crippen molar-refractivity contribution in [2.75, 3.05) is 171 Å². The van der Waals surface area contributed by atoms with Gasteiger partial charge in [0.05, 0.1) is 38.7 Å². The summed E-state index contributed by atoms with van der Waals surface area (Å²) in [5.41, 5.74) is 6.55. The number of carboxylic acid groups (broad SMARTS) is 4. The average molecular weight is 2120 g/mol. The molecule has 10 N–H and O–H groups in total. The van der Waals surface area contributed by atoms with Gasteiger partial charge >= 0.3 is 54.6 Å². The predicted octanol–water partition coefficient (Wildman–Crippen LogP) is 7.08. The number of ether oxygens (including phenoxy) is 1. The van der Waals surface area contributed by atoms with Crippen LogP contribution in [0.4, 0.5) is 100 Å². The third-order valence-corrected chi connectivity index (χ3v) is 23.0. The molecule has 0 bridgehead atoms. The van der Waals surface area contributed by atoms with Crippen LogP contribution in [0.25, 0.3) is 44.7 Å². The zero-order chi connectivity index (χ0) is 109.